The lowest BCUT2D eigenvalue weighted by molar-refractivity contribution is -0.119. The van der Waals surface area contributed by atoms with Crippen LogP contribution in [0, 0.1) is 11.6 Å². The summed E-state index contributed by atoms with van der Waals surface area (Å²) in [5, 5.41) is 2.97. The van der Waals surface area contributed by atoms with Crippen LogP contribution in [0.3, 0.4) is 0 Å². The molecule has 1 amide bonds. The van der Waals surface area contributed by atoms with Crippen molar-refractivity contribution < 1.29 is 27.8 Å². The van der Waals surface area contributed by atoms with Gasteiger partial charge in [0.15, 0.2) is 11.5 Å². The molecule has 1 unspecified atom stereocenters. The van der Waals surface area contributed by atoms with Crippen molar-refractivity contribution in [2.75, 3.05) is 6.79 Å². The third-order valence-electron chi connectivity index (χ3n) is 4.02. The molecule has 0 bridgehead atoms. The summed E-state index contributed by atoms with van der Waals surface area (Å²) in [4.78, 5) is 11.1. The van der Waals surface area contributed by atoms with Gasteiger partial charge in [-0.2, -0.15) is 0 Å². The summed E-state index contributed by atoms with van der Waals surface area (Å²) < 4.78 is 43.8. The third kappa shape index (κ3) is 3.70. The number of primary amides is 1. The lowest BCUT2D eigenvalue weighted by Gasteiger charge is -2.14. The summed E-state index contributed by atoms with van der Waals surface area (Å²) in [7, 11) is 0. The molecule has 1 aliphatic heterocycles. The minimum absolute atomic E-state index is 0.00212. The van der Waals surface area contributed by atoms with Gasteiger partial charge in [-0.25, -0.2) is 8.78 Å². The van der Waals surface area contributed by atoms with Gasteiger partial charge in [-0.15, -0.1) is 0 Å². The van der Waals surface area contributed by atoms with Crippen LogP contribution in [0.15, 0.2) is 30.3 Å². The van der Waals surface area contributed by atoms with Crippen LogP contribution < -0.4 is 25.3 Å². The second-order valence-corrected chi connectivity index (χ2v) is 5.78. The first kappa shape index (κ1) is 17.9. The molecule has 0 saturated carbocycles. The predicted molar refractivity (Wildman–Crippen MR) is 88.8 cm³/mol. The maximum atomic E-state index is 13.7. The maximum Gasteiger partial charge on any atom is 0.234 e. The molecule has 0 aliphatic carbocycles. The molecule has 2 aromatic carbocycles. The van der Waals surface area contributed by atoms with Gasteiger partial charge in [0, 0.05) is 12.1 Å². The van der Waals surface area contributed by atoms with Crippen LogP contribution in [0.1, 0.15) is 18.1 Å². The van der Waals surface area contributed by atoms with Crippen molar-refractivity contribution in [1.29, 1.82) is 0 Å². The Morgan fingerprint density at radius 1 is 1.23 bits per heavy atom. The Balaban J connectivity index is 1.76. The van der Waals surface area contributed by atoms with Crippen molar-refractivity contribution in [3.8, 4) is 17.2 Å². The molecular weight excluding hydrogens is 346 g/mol. The summed E-state index contributed by atoms with van der Waals surface area (Å²) in [5.41, 5.74) is 5.80. The van der Waals surface area contributed by atoms with Crippen LogP contribution in [0.25, 0.3) is 0 Å². The quantitative estimate of drug-likeness (QED) is 0.787. The van der Waals surface area contributed by atoms with Crippen molar-refractivity contribution in [1.82, 2.24) is 5.32 Å². The molecule has 138 valence electrons. The van der Waals surface area contributed by atoms with E-state index in [9.17, 15) is 13.6 Å². The molecule has 3 rings (SSSR count). The zero-order valence-corrected chi connectivity index (χ0v) is 14.1. The fourth-order valence-electron chi connectivity index (χ4n) is 2.46. The lowest BCUT2D eigenvalue weighted by Crippen LogP contribution is -2.38. The monoisotopic (exact) mass is 364 g/mol. The molecule has 1 aliphatic rings. The molecule has 1 atom stereocenters. The smallest absolute Gasteiger partial charge is 0.234 e. The van der Waals surface area contributed by atoms with Gasteiger partial charge in [0.25, 0.3) is 0 Å². The highest BCUT2D eigenvalue weighted by Gasteiger charge is 2.24. The summed E-state index contributed by atoms with van der Waals surface area (Å²) in [5.74, 6) is -0.703. The number of nitrogens with two attached hydrogens (primary N) is 1. The predicted octanol–water partition coefficient (Wildman–Crippen LogP) is 2.24. The summed E-state index contributed by atoms with van der Waals surface area (Å²) in [6.45, 7) is 1.70. The molecule has 2 aromatic rings. The average molecular weight is 364 g/mol. The largest absolute Gasteiger partial charge is 0.485 e. The number of carbonyl (C=O) groups is 1. The normalized spacial score (nSPS) is 13.5. The molecule has 8 heteroatoms. The first-order chi connectivity index (χ1) is 12.5. The molecule has 0 spiro atoms. The fourth-order valence-corrected chi connectivity index (χ4v) is 2.46. The number of fused-ring (bicyclic) bond motifs is 1. The van der Waals surface area contributed by atoms with Gasteiger partial charge in [-0.05, 0) is 25.1 Å². The van der Waals surface area contributed by atoms with Crippen molar-refractivity contribution >= 4 is 5.91 Å². The van der Waals surface area contributed by atoms with Crippen molar-refractivity contribution in [3.05, 3.63) is 53.1 Å². The number of hydrogen-bond donors (Lipinski definition) is 2. The van der Waals surface area contributed by atoms with Gasteiger partial charge in [0.05, 0.1) is 11.6 Å². The zero-order valence-electron chi connectivity index (χ0n) is 14.1. The van der Waals surface area contributed by atoms with Crippen LogP contribution >= 0.6 is 0 Å². The molecule has 26 heavy (non-hydrogen) atoms. The average Bonchev–Trinajstić information content (AvgIpc) is 3.10. The van der Waals surface area contributed by atoms with Crippen LogP contribution in [-0.2, 0) is 17.9 Å². The zero-order chi connectivity index (χ0) is 18.7. The van der Waals surface area contributed by atoms with Gasteiger partial charge in [0.2, 0.25) is 18.4 Å². The Labute approximate surface area is 148 Å². The molecular formula is C18H18F2N2O4. The number of carbonyl (C=O) groups excluding carboxylic acids is 1. The molecule has 0 radical (unpaired) electrons. The fraction of sp³-hybridized carbons (Fsp3) is 0.278. The molecule has 0 aromatic heterocycles. The Hall–Kier alpha value is -2.87. The number of rotatable bonds is 7. The number of hydrogen-bond acceptors (Lipinski definition) is 5. The van der Waals surface area contributed by atoms with Crippen molar-refractivity contribution in [2.24, 2.45) is 5.73 Å². The van der Waals surface area contributed by atoms with Crippen molar-refractivity contribution in [2.45, 2.75) is 26.1 Å². The standard InChI is InChI=1S/C18H18F2N2O4/c1-10(18(21)23)22-7-11-5-6-15(17-16(11)25-9-26-17)24-8-12-13(19)3-2-4-14(12)20/h2-6,10,22H,7-9H2,1H3,(H2,21,23). The van der Waals surface area contributed by atoms with E-state index in [4.69, 9.17) is 19.9 Å². The van der Waals surface area contributed by atoms with Gasteiger partial charge in [0.1, 0.15) is 18.2 Å². The second kappa shape index (κ2) is 7.57. The lowest BCUT2D eigenvalue weighted by atomic mass is 10.1. The van der Waals surface area contributed by atoms with E-state index in [1.54, 1.807) is 19.1 Å². The van der Waals surface area contributed by atoms with E-state index < -0.39 is 23.6 Å². The first-order valence-corrected chi connectivity index (χ1v) is 7.97. The second-order valence-electron chi connectivity index (χ2n) is 5.78. The SMILES string of the molecule is CC(NCc1ccc(OCc2c(F)cccc2F)c2c1OCO2)C(N)=O. The highest BCUT2D eigenvalue weighted by Crippen LogP contribution is 2.43. The van der Waals surface area contributed by atoms with Crippen LogP contribution in [-0.4, -0.2) is 18.7 Å². The molecule has 0 fully saturated rings. The Bertz CT molecular complexity index is 809. The van der Waals surface area contributed by atoms with Crippen molar-refractivity contribution in [3.63, 3.8) is 0 Å². The van der Waals surface area contributed by atoms with E-state index in [-0.39, 0.29) is 19.0 Å². The van der Waals surface area contributed by atoms with Crippen LogP contribution in [0.4, 0.5) is 8.78 Å². The Morgan fingerprint density at radius 2 is 1.92 bits per heavy atom. The number of ether oxygens (including phenoxy) is 3. The Kier molecular flexibility index (Phi) is 5.22. The van der Waals surface area contributed by atoms with Gasteiger partial charge < -0.3 is 25.3 Å². The van der Waals surface area contributed by atoms with Gasteiger partial charge >= 0.3 is 0 Å². The van der Waals surface area contributed by atoms with E-state index >= 15 is 0 Å². The van der Waals surface area contributed by atoms with E-state index in [0.29, 0.717) is 23.8 Å². The van der Waals surface area contributed by atoms with E-state index in [2.05, 4.69) is 5.32 Å². The summed E-state index contributed by atoms with van der Waals surface area (Å²) in [6.07, 6.45) is 0. The topological polar surface area (TPSA) is 82.8 Å². The molecule has 3 N–H and O–H groups in total. The summed E-state index contributed by atoms with van der Waals surface area (Å²) in [6, 6.07) is 6.46. The minimum Gasteiger partial charge on any atom is -0.485 e. The maximum absolute atomic E-state index is 13.7. The number of benzene rings is 2. The highest BCUT2D eigenvalue weighted by molar-refractivity contribution is 5.79. The molecule has 6 nitrogen and oxygen atoms in total. The van der Waals surface area contributed by atoms with Crippen LogP contribution in [0.2, 0.25) is 0 Å². The van der Waals surface area contributed by atoms with E-state index in [1.165, 1.54) is 18.2 Å². The van der Waals surface area contributed by atoms with Gasteiger partial charge in [-0.3, -0.25) is 4.79 Å². The summed E-state index contributed by atoms with van der Waals surface area (Å²) >= 11 is 0. The van der Waals surface area contributed by atoms with E-state index in [1.807, 2.05) is 0 Å². The van der Waals surface area contributed by atoms with E-state index in [0.717, 1.165) is 5.56 Å². The highest BCUT2D eigenvalue weighted by atomic mass is 19.1. The first-order valence-electron chi connectivity index (χ1n) is 7.97. The molecule has 1 heterocycles. The molecule has 0 saturated heterocycles. The van der Waals surface area contributed by atoms with Gasteiger partial charge in [-0.1, -0.05) is 12.1 Å². The number of nitrogens with one attached hydrogen (secondary N) is 1. The number of amides is 1. The van der Waals surface area contributed by atoms with Crippen LogP contribution in [0.5, 0.6) is 17.2 Å². The minimum atomic E-state index is -0.680. The number of halogens is 2. The Morgan fingerprint density at radius 3 is 2.62 bits per heavy atom. The third-order valence-corrected chi connectivity index (χ3v) is 4.02.